The molecule has 0 aliphatic carbocycles. The molecule has 0 radical (unpaired) electrons. The van der Waals surface area contributed by atoms with Crippen molar-refractivity contribution in [2.75, 3.05) is 0 Å². The van der Waals surface area contributed by atoms with Crippen LogP contribution in [0.4, 0.5) is 0 Å². The molecule has 11 heteroatoms. The van der Waals surface area contributed by atoms with Crippen LogP contribution in [0.2, 0.25) is 0 Å². The van der Waals surface area contributed by atoms with Crippen molar-refractivity contribution < 1.29 is 4.42 Å². The lowest BCUT2D eigenvalue weighted by Crippen LogP contribution is -2.58. The number of hydrogen-bond acceptors (Lipinski definition) is 7. The minimum absolute atomic E-state index is 0.0644. The van der Waals surface area contributed by atoms with E-state index in [2.05, 4.69) is 193 Å². The molecule has 3 aromatic heterocycles. The minimum atomic E-state index is 0.0644. The van der Waals surface area contributed by atoms with Crippen LogP contribution in [0.3, 0.4) is 0 Å². The molecule has 0 bridgehead atoms. The van der Waals surface area contributed by atoms with Crippen molar-refractivity contribution in [3.05, 3.63) is 204 Å². The van der Waals surface area contributed by atoms with Crippen molar-refractivity contribution in [1.29, 1.82) is 0 Å². The van der Waals surface area contributed by atoms with Crippen molar-refractivity contribution in [3.8, 4) is 56.1 Å². The van der Waals surface area contributed by atoms with Crippen LogP contribution >= 0.6 is 47.0 Å². The van der Waals surface area contributed by atoms with Gasteiger partial charge in [0.15, 0.2) is 0 Å². The van der Waals surface area contributed by atoms with Crippen molar-refractivity contribution >= 4 is 93.2 Å². The van der Waals surface area contributed by atoms with Gasteiger partial charge in [-0.1, -0.05) is 141 Å². The van der Waals surface area contributed by atoms with Crippen LogP contribution in [0.5, 0.6) is 0 Å². The zero-order chi connectivity index (χ0) is 50.4. The Balaban J connectivity index is 0.778. The number of rotatable bonds is 6. The molecule has 0 N–H and O–H groups in total. The van der Waals surface area contributed by atoms with E-state index in [-0.39, 0.29) is 13.4 Å². The van der Waals surface area contributed by atoms with E-state index in [1.165, 1.54) is 116 Å². The number of furan rings is 1. The van der Waals surface area contributed by atoms with Crippen LogP contribution in [0.25, 0.3) is 56.1 Å². The summed E-state index contributed by atoms with van der Waals surface area (Å²) in [5.41, 5.74) is 25.9. The molecular formula is C64H46B2N4OS4. The summed E-state index contributed by atoms with van der Waals surface area (Å²) in [6.45, 7) is 13.3. The Hall–Kier alpha value is -7.01. The van der Waals surface area contributed by atoms with E-state index in [1.807, 2.05) is 75.1 Å². The number of fused-ring (bicyclic) bond motifs is 8. The van der Waals surface area contributed by atoms with Gasteiger partial charge in [0.05, 0.1) is 30.0 Å². The fourth-order valence-electron chi connectivity index (χ4n) is 12.6. The van der Waals surface area contributed by atoms with Crippen molar-refractivity contribution in [3.63, 3.8) is 0 Å². The molecular weight excluding hydrogens is 991 g/mol. The van der Waals surface area contributed by atoms with E-state index in [9.17, 15) is 0 Å². The van der Waals surface area contributed by atoms with Crippen LogP contribution in [0.1, 0.15) is 33.4 Å². The van der Waals surface area contributed by atoms with Gasteiger partial charge in [-0.25, -0.2) is 9.36 Å². The second-order valence-corrected chi connectivity index (χ2v) is 25.0. The Morgan fingerprint density at radius 3 is 1.24 bits per heavy atom. The Kier molecular flexibility index (Phi) is 10.4. The second-order valence-electron chi connectivity index (χ2n) is 20.7. The number of benzene rings is 8. The zero-order valence-electron chi connectivity index (χ0n) is 42.2. The SMILES string of the molecule is Cc1cc(C)c(-c2cnn(-c3ccc4c(c3)B3c5cc(-c6coc(-c7ccc8c(c7)B7c9cc(-n%10cc(-c%11c(C)cc(C)cc%11C)cn%10)ccc9Sc9cccc(c97)S8)c6)ccc5Sc5cccc(c53)S4)c2)c(C)c1. The normalized spacial score (nSPS) is 13.5. The molecule has 15 rings (SSSR count). The third-order valence-electron chi connectivity index (χ3n) is 15.6. The highest BCUT2D eigenvalue weighted by Gasteiger charge is 2.40. The topological polar surface area (TPSA) is 48.8 Å². The third-order valence-corrected chi connectivity index (χ3v) is 20.3. The standard InChI is InChI=1S/C64H46B2N4OS4/c1-35-21-37(3)61(38(4)22-35)44-30-67-69(32-44)46-15-19-55-50(28-46)65-48-25-41(13-17-53(48)72-57-9-7-11-59(74-55)63(57)65)43-27-52(71-34-43)42-14-18-54-49(26-42)66-51-29-47(16-20-56(51)75-60-12-8-10-58(73-54)64(60)66)70-33-45(31-68-70)62-39(5)23-36(2)24-40(62)6/h7-34H,1-6H3. The fourth-order valence-corrected chi connectivity index (χ4v) is 17.3. The molecule has 7 heterocycles. The molecule has 5 nitrogen and oxygen atoms in total. The summed E-state index contributed by atoms with van der Waals surface area (Å²) in [6.07, 6.45) is 10.3. The van der Waals surface area contributed by atoms with Gasteiger partial charge in [0.2, 0.25) is 13.4 Å². The first-order valence-corrected chi connectivity index (χ1v) is 28.7. The molecule has 0 saturated carbocycles. The number of nitrogens with zero attached hydrogens (tertiary/aromatic N) is 4. The lowest BCUT2D eigenvalue weighted by Gasteiger charge is -2.33. The van der Waals surface area contributed by atoms with Gasteiger partial charge in [-0.3, -0.25) is 0 Å². The van der Waals surface area contributed by atoms with Crippen molar-refractivity contribution in [2.45, 2.75) is 80.7 Å². The highest BCUT2D eigenvalue weighted by atomic mass is 32.2. The predicted octanol–water partition coefficient (Wildman–Crippen LogP) is 13.1. The molecule has 11 aromatic rings. The van der Waals surface area contributed by atoms with Crippen LogP contribution < -0.4 is 32.8 Å². The number of aromatic nitrogens is 4. The van der Waals surface area contributed by atoms with Crippen molar-refractivity contribution in [1.82, 2.24) is 19.6 Å². The number of hydrogen-bond donors (Lipinski definition) is 0. The summed E-state index contributed by atoms with van der Waals surface area (Å²) in [7, 11) is 0. The monoisotopic (exact) mass is 1040 g/mol. The lowest BCUT2D eigenvalue weighted by atomic mass is 9.36. The zero-order valence-corrected chi connectivity index (χ0v) is 45.4. The Morgan fingerprint density at radius 2 is 0.787 bits per heavy atom. The first kappa shape index (κ1) is 45.4. The summed E-state index contributed by atoms with van der Waals surface area (Å²) in [6, 6.07) is 52.6. The molecule has 4 aliphatic rings. The van der Waals surface area contributed by atoms with E-state index in [4.69, 9.17) is 14.6 Å². The second kappa shape index (κ2) is 17.3. The molecule has 0 spiro atoms. The largest absolute Gasteiger partial charge is 0.464 e. The van der Waals surface area contributed by atoms with Crippen LogP contribution in [-0.2, 0) is 0 Å². The Bertz CT molecular complexity index is 3920. The van der Waals surface area contributed by atoms with E-state index < -0.39 is 0 Å². The maximum absolute atomic E-state index is 6.60. The van der Waals surface area contributed by atoms with Crippen molar-refractivity contribution in [2.24, 2.45) is 0 Å². The summed E-state index contributed by atoms with van der Waals surface area (Å²) in [4.78, 5) is 10.4. The molecule has 0 atom stereocenters. The molecule has 358 valence electrons. The van der Waals surface area contributed by atoms with E-state index in [0.717, 1.165) is 45.0 Å². The summed E-state index contributed by atoms with van der Waals surface area (Å²) in [5.74, 6) is 0.861. The lowest BCUT2D eigenvalue weighted by molar-refractivity contribution is 0.583. The summed E-state index contributed by atoms with van der Waals surface area (Å²) < 4.78 is 10.7. The average Bonchev–Trinajstić information content (AvgIpc) is 4.22. The van der Waals surface area contributed by atoms with Crippen LogP contribution in [-0.4, -0.2) is 33.0 Å². The summed E-state index contributed by atoms with van der Waals surface area (Å²) >= 11 is 7.52. The predicted molar refractivity (Wildman–Crippen MR) is 315 cm³/mol. The Morgan fingerprint density at radius 1 is 0.387 bits per heavy atom. The maximum Gasteiger partial charge on any atom is 0.247 e. The maximum atomic E-state index is 6.60. The highest BCUT2D eigenvalue weighted by molar-refractivity contribution is 8.02. The first-order chi connectivity index (χ1) is 36.6. The quantitative estimate of drug-likeness (QED) is 0.154. The third kappa shape index (κ3) is 7.37. The smallest absolute Gasteiger partial charge is 0.247 e. The number of aryl methyl sites for hydroxylation is 6. The van der Waals surface area contributed by atoms with Gasteiger partial charge in [0, 0.05) is 73.8 Å². The Labute approximate surface area is 454 Å². The fraction of sp³-hybridized carbons (Fsp3) is 0.0938. The summed E-state index contributed by atoms with van der Waals surface area (Å²) in [5, 5.41) is 9.90. The van der Waals surface area contributed by atoms with Crippen LogP contribution in [0.15, 0.2) is 214 Å². The van der Waals surface area contributed by atoms with Gasteiger partial charge < -0.3 is 4.42 Å². The van der Waals surface area contributed by atoms with Gasteiger partial charge in [0.1, 0.15) is 5.76 Å². The van der Waals surface area contributed by atoms with Gasteiger partial charge in [0.25, 0.3) is 0 Å². The van der Waals surface area contributed by atoms with Gasteiger partial charge in [-0.05, 0) is 170 Å². The molecule has 0 fully saturated rings. The molecule has 0 saturated heterocycles. The molecule has 75 heavy (non-hydrogen) atoms. The van der Waals surface area contributed by atoms with Gasteiger partial charge in [-0.15, -0.1) is 0 Å². The molecule has 4 aliphatic heterocycles. The molecule has 0 unspecified atom stereocenters. The molecule has 8 aromatic carbocycles. The molecule has 0 amide bonds. The highest BCUT2D eigenvalue weighted by Crippen LogP contribution is 2.43. The van der Waals surface area contributed by atoms with Gasteiger partial charge >= 0.3 is 0 Å². The minimum Gasteiger partial charge on any atom is -0.464 e. The average molecular weight is 1040 g/mol. The van der Waals surface area contributed by atoms with Crippen LogP contribution in [0, 0.1) is 41.5 Å². The van der Waals surface area contributed by atoms with E-state index in [1.54, 1.807) is 0 Å². The van der Waals surface area contributed by atoms with E-state index >= 15 is 0 Å². The van der Waals surface area contributed by atoms with E-state index in [0.29, 0.717) is 0 Å². The van der Waals surface area contributed by atoms with Gasteiger partial charge in [-0.2, -0.15) is 10.2 Å². The first-order valence-electron chi connectivity index (χ1n) is 25.5.